The summed E-state index contributed by atoms with van der Waals surface area (Å²) in [4.78, 5) is 17.7. The van der Waals surface area contributed by atoms with Crippen molar-refractivity contribution in [2.24, 2.45) is 0 Å². The first-order valence-electron chi connectivity index (χ1n) is 7.80. The lowest BCUT2D eigenvalue weighted by Crippen LogP contribution is -2.25. The number of aromatic nitrogens is 1. The van der Waals surface area contributed by atoms with E-state index in [9.17, 15) is 13.6 Å². The maximum Gasteiger partial charge on any atom is 0.586 e. The van der Waals surface area contributed by atoms with Crippen molar-refractivity contribution in [3.05, 3.63) is 64.6 Å². The van der Waals surface area contributed by atoms with Crippen LogP contribution in [0.1, 0.15) is 16.1 Å². The third-order valence-corrected chi connectivity index (χ3v) is 5.39. The van der Waals surface area contributed by atoms with Crippen LogP contribution in [-0.2, 0) is 5.75 Å². The van der Waals surface area contributed by atoms with Gasteiger partial charge in [0.25, 0.3) is 5.91 Å². The van der Waals surface area contributed by atoms with Crippen LogP contribution < -0.4 is 14.8 Å². The SMILES string of the molecule is O=C(Nc1ccc2c(c1)OC(F)(F)O2)c1ccccc1SCc1cscn1. The van der Waals surface area contributed by atoms with Crippen molar-refractivity contribution in [3.8, 4) is 11.5 Å². The molecule has 1 aliphatic rings. The fourth-order valence-corrected chi connectivity index (χ4v) is 4.08. The molecular formula is C18H12F2N2O3S2. The van der Waals surface area contributed by atoms with E-state index in [2.05, 4.69) is 19.8 Å². The van der Waals surface area contributed by atoms with Gasteiger partial charge in [-0.1, -0.05) is 12.1 Å². The van der Waals surface area contributed by atoms with E-state index in [0.717, 1.165) is 10.6 Å². The van der Waals surface area contributed by atoms with Gasteiger partial charge in [0, 0.05) is 27.8 Å². The summed E-state index contributed by atoms with van der Waals surface area (Å²) < 4.78 is 35.0. The number of carbonyl (C=O) groups excluding carboxylic acids is 1. The molecule has 0 spiro atoms. The first kappa shape index (κ1) is 17.7. The van der Waals surface area contributed by atoms with Crippen LogP contribution in [0, 0.1) is 0 Å². The van der Waals surface area contributed by atoms with Crippen LogP contribution in [0.2, 0.25) is 0 Å². The summed E-state index contributed by atoms with van der Waals surface area (Å²) in [7, 11) is 0. The fourth-order valence-electron chi connectivity index (χ4n) is 2.47. The fraction of sp³-hybridized carbons (Fsp3) is 0.111. The van der Waals surface area contributed by atoms with Crippen molar-refractivity contribution in [2.45, 2.75) is 16.9 Å². The molecule has 1 aliphatic heterocycles. The molecule has 0 saturated heterocycles. The molecule has 0 saturated carbocycles. The van der Waals surface area contributed by atoms with Gasteiger partial charge < -0.3 is 14.8 Å². The van der Waals surface area contributed by atoms with Crippen LogP contribution in [0.5, 0.6) is 11.5 Å². The van der Waals surface area contributed by atoms with Gasteiger partial charge in [-0.05, 0) is 24.3 Å². The van der Waals surface area contributed by atoms with E-state index in [1.807, 2.05) is 17.5 Å². The number of hydrogen-bond acceptors (Lipinski definition) is 6. The molecule has 0 fully saturated rings. The molecular weight excluding hydrogens is 394 g/mol. The Labute approximate surface area is 161 Å². The van der Waals surface area contributed by atoms with Gasteiger partial charge in [-0.3, -0.25) is 4.79 Å². The molecule has 3 aromatic rings. The minimum atomic E-state index is -3.69. The lowest BCUT2D eigenvalue weighted by atomic mass is 10.2. The molecule has 1 amide bonds. The maximum atomic E-state index is 13.1. The number of rotatable bonds is 5. The van der Waals surface area contributed by atoms with E-state index < -0.39 is 6.29 Å². The zero-order valence-corrected chi connectivity index (χ0v) is 15.3. The molecule has 1 N–H and O–H groups in total. The number of thiazole rings is 1. The Bertz CT molecular complexity index is 980. The average Bonchev–Trinajstić information content (AvgIpc) is 3.25. The van der Waals surface area contributed by atoms with Crippen LogP contribution in [0.4, 0.5) is 14.5 Å². The van der Waals surface area contributed by atoms with Gasteiger partial charge in [0.15, 0.2) is 11.5 Å². The van der Waals surface area contributed by atoms with Crippen molar-refractivity contribution < 1.29 is 23.0 Å². The standard InChI is InChI=1S/C18H12F2N2O3S2/c19-18(20)24-14-6-5-11(7-15(14)25-18)22-17(23)13-3-1-2-4-16(13)27-9-12-8-26-10-21-12/h1-8,10H,9H2,(H,22,23). The minimum Gasteiger partial charge on any atom is -0.395 e. The number of ether oxygens (including phenoxy) is 2. The summed E-state index contributed by atoms with van der Waals surface area (Å²) >= 11 is 3.02. The van der Waals surface area contributed by atoms with Crippen LogP contribution in [0.15, 0.2) is 58.3 Å². The van der Waals surface area contributed by atoms with Gasteiger partial charge in [0.05, 0.1) is 16.8 Å². The summed E-state index contributed by atoms with van der Waals surface area (Å²) in [6.45, 7) is 0. The number of hydrogen-bond donors (Lipinski definition) is 1. The van der Waals surface area contributed by atoms with Crippen LogP contribution in [0.25, 0.3) is 0 Å². The molecule has 0 atom stereocenters. The zero-order chi connectivity index (χ0) is 18.9. The molecule has 0 bridgehead atoms. The van der Waals surface area contributed by atoms with E-state index in [1.54, 1.807) is 17.6 Å². The van der Waals surface area contributed by atoms with Crippen molar-refractivity contribution >= 4 is 34.7 Å². The Hall–Kier alpha value is -2.65. The number of nitrogens with zero attached hydrogens (tertiary/aromatic N) is 1. The Morgan fingerprint density at radius 3 is 2.81 bits per heavy atom. The van der Waals surface area contributed by atoms with Crippen molar-refractivity contribution in [2.75, 3.05) is 5.32 Å². The second-order valence-corrected chi connectivity index (χ2v) is 7.28. The average molecular weight is 406 g/mol. The zero-order valence-electron chi connectivity index (χ0n) is 13.6. The first-order valence-corrected chi connectivity index (χ1v) is 9.73. The summed E-state index contributed by atoms with van der Waals surface area (Å²) in [5.41, 5.74) is 3.52. The highest BCUT2D eigenvalue weighted by molar-refractivity contribution is 7.98. The minimum absolute atomic E-state index is 0.0720. The molecule has 27 heavy (non-hydrogen) atoms. The number of benzene rings is 2. The van der Waals surface area contributed by atoms with Gasteiger partial charge in [-0.15, -0.1) is 31.9 Å². The number of halogens is 2. The Morgan fingerprint density at radius 2 is 2.00 bits per heavy atom. The van der Waals surface area contributed by atoms with Gasteiger partial charge in [0.1, 0.15) is 0 Å². The predicted molar refractivity (Wildman–Crippen MR) is 98.7 cm³/mol. The number of carbonyl (C=O) groups is 1. The summed E-state index contributed by atoms with van der Waals surface area (Å²) in [6, 6.07) is 11.3. The number of fused-ring (bicyclic) bond motifs is 1. The topological polar surface area (TPSA) is 60.5 Å². The second-order valence-electron chi connectivity index (χ2n) is 5.55. The Balaban J connectivity index is 1.49. The smallest absolute Gasteiger partial charge is 0.395 e. The monoisotopic (exact) mass is 406 g/mol. The van der Waals surface area contributed by atoms with Crippen LogP contribution in [-0.4, -0.2) is 17.2 Å². The number of amides is 1. The first-order chi connectivity index (χ1) is 13.0. The van der Waals surface area contributed by atoms with E-state index in [-0.39, 0.29) is 17.4 Å². The number of anilines is 1. The third kappa shape index (κ3) is 4.04. The van der Waals surface area contributed by atoms with E-state index in [4.69, 9.17) is 0 Å². The Morgan fingerprint density at radius 1 is 1.19 bits per heavy atom. The predicted octanol–water partition coefficient (Wildman–Crippen LogP) is 5.01. The number of nitrogens with one attached hydrogen (secondary N) is 1. The van der Waals surface area contributed by atoms with Crippen molar-refractivity contribution in [3.63, 3.8) is 0 Å². The molecule has 2 aromatic carbocycles. The van der Waals surface area contributed by atoms with E-state index in [0.29, 0.717) is 17.0 Å². The molecule has 0 radical (unpaired) electrons. The number of thioether (sulfide) groups is 1. The molecule has 138 valence electrons. The highest BCUT2D eigenvalue weighted by Crippen LogP contribution is 2.42. The normalized spacial score (nSPS) is 14.1. The Kier molecular flexibility index (Phi) is 4.71. The quantitative estimate of drug-likeness (QED) is 0.604. The third-order valence-electron chi connectivity index (χ3n) is 3.65. The molecule has 4 rings (SSSR count). The summed E-state index contributed by atoms with van der Waals surface area (Å²) in [5.74, 6) is 0.107. The molecule has 0 unspecified atom stereocenters. The molecule has 0 aliphatic carbocycles. The molecule has 9 heteroatoms. The summed E-state index contributed by atoms with van der Waals surface area (Å²) in [6.07, 6.45) is -3.69. The second kappa shape index (κ2) is 7.16. The van der Waals surface area contributed by atoms with Gasteiger partial charge in [-0.25, -0.2) is 4.98 Å². The lowest BCUT2D eigenvalue weighted by molar-refractivity contribution is -0.286. The summed E-state index contributed by atoms with van der Waals surface area (Å²) in [5, 5.41) is 4.66. The molecule has 1 aromatic heterocycles. The van der Waals surface area contributed by atoms with E-state index >= 15 is 0 Å². The largest absolute Gasteiger partial charge is 0.586 e. The van der Waals surface area contributed by atoms with Crippen LogP contribution in [0.3, 0.4) is 0 Å². The number of alkyl halides is 2. The van der Waals surface area contributed by atoms with Gasteiger partial charge >= 0.3 is 6.29 Å². The molecule has 2 heterocycles. The van der Waals surface area contributed by atoms with Crippen molar-refractivity contribution in [1.29, 1.82) is 0 Å². The van der Waals surface area contributed by atoms with Gasteiger partial charge in [-0.2, -0.15) is 0 Å². The highest BCUT2D eigenvalue weighted by atomic mass is 32.2. The van der Waals surface area contributed by atoms with E-state index in [1.165, 1.54) is 41.3 Å². The van der Waals surface area contributed by atoms with Crippen molar-refractivity contribution in [1.82, 2.24) is 4.98 Å². The van der Waals surface area contributed by atoms with Crippen LogP contribution >= 0.6 is 23.1 Å². The maximum absolute atomic E-state index is 13.1. The lowest BCUT2D eigenvalue weighted by Gasteiger charge is -2.10. The van der Waals surface area contributed by atoms with Gasteiger partial charge in [0.2, 0.25) is 0 Å². The highest BCUT2D eigenvalue weighted by Gasteiger charge is 2.43. The molecule has 5 nitrogen and oxygen atoms in total.